The molecule has 0 radical (unpaired) electrons. The third kappa shape index (κ3) is 3.40. The highest BCUT2D eigenvalue weighted by Gasteiger charge is 2.27. The molecule has 0 bridgehead atoms. The predicted molar refractivity (Wildman–Crippen MR) is 111 cm³/mol. The van der Waals surface area contributed by atoms with E-state index < -0.39 is 0 Å². The van der Waals surface area contributed by atoms with Gasteiger partial charge in [-0.3, -0.25) is 14.4 Å². The standard InChI is InChI=1S/C23H27N3O2/c27-23-26(21-7-3-4-8-22(21)28-23)16-13-24-11-14-25(15-12-24)20-10-9-18-5-1-2-6-19(18)17-20/h1-8,20H,9-17H2. The SMILES string of the molecule is O=c1oc2ccccc2n1CCN1CCN(C2CCc3ccccc3C2)CC1. The maximum absolute atomic E-state index is 12.1. The summed E-state index contributed by atoms with van der Waals surface area (Å²) in [5, 5.41) is 0. The van der Waals surface area contributed by atoms with Crippen LogP contribution in [0.25, 0.3) is 11.1 Å². The number of nitrogens with zero attached hydrogens (tertiary/aromatic N) is 3. The van der Waals surface area contributed by atoms with Gasteiger partial charge in [-0.2, -0.15) is 0 Å². The van der Waals surface area contributed by atoms with Crippen molar-refractivity contribution in [3.63, 3.8) is 0 Å². The Morgan fingerprint density at radius 2 is 1.64 bits per heavy atom. The van der Waals surface area contributed by atoms with Gasteiger partial charge in [0.05, 0.1) is 5.52 Å². The van der Waals surface area contributed by atoms with Gasteiger partial charge in [-0.15, -0.1) is 0 Å². The number of hydrogen-bond donors (Lipinski definition) is 0. The zero-order valence-electron chi connectivity index (χ0n) is 16.2. The molecule has 0 spiro atoms. The van der Waals surface area contributed by atoms with Crippen molar-refractivity contribution in [1.82, 2.24) is 14.4 Å². The second-order valence-corrected chi connectivity index (χ2v) is 8.03. The number of aromatic nitrogens is 1. The Hall–Kier alpha value is -2.37. The Bertz CT molecular complexity index is 1010. The van der Waals surface area contributed by atoms with Gasteiger partial charge in [0.25, 0.3) is 0 Å². The van der Waals surface area contributed by atoms with Gasteiger partial charge in [-0.1, -0.05) is 36.4 Å². The van der Waals surface area contributed by atoms with Crippen LogP contribution in [0.4, 0.5) is 0 Å². The highest BCUT2D eigenvalue weighted by atomic mass is 16.4. The normalized spacial score (nSPS) is 21.1. The van der Waals surface area contributed by atoms with Crippen molar-refractivity contribution in [2.24, 2.45) is 0 Å². The van der Waals surface area contributed by atoms with E-state index in [1.165, 1.54) is 30.4 Å². The maximum atomic E-state index is 12.1. The van der Waals surface area contributed by atoms with Crippen molar-refractivity contribution in [2.45, 2.75) is 31.8 Å². The summed E-state index contributed by atoms with van der Waals surface area (Å²) in [5.74, 6) is -0.249. The molecule has 5 nitrogen and oxygen atoms in total. The molecule has 1 unspecified atom stereocenters. The monoisotopic (exact) mass is 377 g/mol. The fourth-order valence-electron chi connectivity index (χ4n) is 4.81. The molecule has 1 aromatic heterocycles. The zero-order chi connectivity index (χ0) is 18.9. The summed E-state index contributed by atoms with van der Waals surface area (Å²) in [4.78, 5) is 17.3. The first kappa shape index (κ1) is 17.7. The lowest BCUT2D eigenvalue weighted by molar-refractivity contribution is 0.0874. The third-order valence-electron chi connectivity index (χ3n) is 6.46. The van der Waals surface area contributed by atoms with Crippen molar-refractivity contribution >= 4 is 11.1 Å². The van der Waals surface area contributed by atoms with E-state index in [0.717, 1.165) is 38.2 Å². The Balaban J connectivity index is 1.17. The Morgan fingerprint density at radius 3 is 2.50 bits per heavy atom. The summed E-state index contributed by atoms with van der Waals surface area (Å²) < 4.78 is 7.11. The highest BCUT2D eigenvalue weighted by Crippen LogP contribution is 2.25. The minimum absolute atomic E-state index is 0.249. The smallest absolute Gasteiger partial charge is 0.408 e. The van der Waals surface area contributed by atoms with E-state index in [1.54, 1.807) is 4.57 Å². The first-order valence-corrected chi connectivity index (χ1v) is 10.4. The second-order valence-electron chi connectivity index (χ2n) is 8.03. The number of rotatable bonds is 4. The number of hydrogen-bond acceptors (Lipinski definition) is 4. The van der Waals surface area contributed by atoms with Gasteiger partial charge >= 0.3 is 5.76 Å². The molecule has 0 amide bonds. The molecule has 3 aromatic rings. The number of aryl methyl sites for hydroxylation is 1. The lowest BCUT2D eigenvalue weighted by Crippen LogP contribution is -2.52. The minimum atomic E-state index is -0.249. The van der Waals surface area contributed by atoms with Crippen LogP contribution in [-0.4, -0.2) is 53.1 Å². The molecule has 0 saturated carbocycles. The topological polar surface area (TPSA) is 41.6 Å². The van der Waals surface area contributed by atoms with Crippen molar-refractivity contribution in [3.8, 4) is 0 Å². The Labute approximate surface area is 165 Å². The van der Waals surface area contributed by atoms with Crippen LogP contribution in [-0.2, 0) is 19.4 Å². The van der Waals surface area contributed by atoms with Crippen LogP contribution in [0.5, 0.6) is 0 Å². The summed E-state index contributed by atoms with van der Waals surface area (Å²) in [6, 6.07) is 17.3. The molecule has 28 heavy (non-hydrogen) atoms. The molecule has 1 saturated heterocycles. The highest BCUT2D eigenvalue weighted by molar-refractivity contribution is 5.72. The van der Waals surface area contributed by atoms with Crippen LogP contribution < -0.4 is 5.76 Å². The summed E-state index contributed by atoms with van der Waals surface area (Å²) in [6.07, 6.45) is 3.66. The van der Waals surface area contributed by atoms with Gasteiger partial charge in [0.1, 0.15) is 0 Å². The van der Waals surface area contributed by atoms with E-state index in [1.807, 2.05) is 24.3 Å². The summed E-state index contributed by atoms with van der Waals surface area (Å²) >= 11 is 0. The quantitative estimate of drug-likeness (QED) is 0.701. The maximum Gasteiger partial charge on any atom is 0.419 e. The van der Waals surface area contributed by atoms with Crippen LogP contribution >= 0.6 is 0 Å². The molecule has 1 atom stereocenters. The summed E-state index contributed by atoms with van der Waals surface area (Å²) in [6.45, 7) is 5.96. The van der Waals surface area contributed by atoms with Crippen molar-refractivity contribution < 1.29 is 4.42 Å². The largest absolute Gasteiger partial charge is 0.419 e. The van der Waals surface area contributed by atoms with E-state index in [0.29, 0.717) is 18.2 Å². The van der Waals surface area contributed by atoms with E-state index in [4.69, 9.17) is 4.42 Å². The van der Waals surface area contributed by atoms with Gasteiger partial charge in [-0.25, -0.2) is 4.79 Å². The molecular formula is C23H27N3O2. The lowest BCUT2D eigenvalue weighted by Gasteiger charge is -2.41. The molecule has 5 heteroatoms. The molecule has 1 fully saturated rings. The second kappa shape index (κ2) is 7.57. The van der Waals surface area contributed by atoms with Gasteiger partial charge in [0, 0.05) is 45.3 Å². The molecule has 2 aliphatic rings. The van der Waals surface area contributed by atoms with Crippen molar-refractivity contribution in [2.75, 3.05) is 32.7 Å². The lowest BCUT2D eigenvalue weighted by atomic mass is 9.87. The van der Waals surface area contributed by atoms with Gasteiger partial charge in [-0.05, 0) is 42.5 Å². The minimum Gasteiger partial charge on any atom is -0.408 e. The molecular weight excluding hydrogens is 350 g/mol. The summed E-state index contributed by atoms with van der Waals surface area (Å²) in [7, 11) is 0. The predicted octanol–water partition coefficient (Wildman–Crippen LogP) is 2.77. The van der Waals surface area contributed by atoms with Gasteiger partial charge in [0.15, 0.2) is 5.58 Å². The zero-order valence-corrected chi connectivity index (χ0v) is 16.2. The van der Waals surface area contributed by atoms with Crippen LogP contribution in [0.15, 0.2) is 57.7 Å². The average molecular weight is 377 g/mol. The van der Waals surface area contributed by atoms with Crippen LogP contribution in [0.1, 0.15) is 17.5 Å². The number of benzene rings is 2. The van der Waals surface area contributed by atoms with Crippen LogP contribution in [0.3, 0.4) is 0 Å². The number of para-hydroxylation sites is 2. The first-order valence-electron chi connectivity index (χ1n) is 10.4. The molecule has 5 rings (SSSR count). The van der Waals surface area contributed by atoms with E-state index in [-0.39, 0.29) is 5.76 Å². The van der Waals surface area contributed by atoms with Crippen LogP contribution in [0.2, 0.25) is 0 Å². The third-order valence-corrected chi connectivity index (χ3v) is 6.46. The number of oxazole rings is 1. The Kier molecular flexibility index (Phi) is 4.79. The van der Waals surface area contributed by atoms with Crippen molar-refractivity contribution in [3.05, 3.63) is 70.2 Å². The molecule has 1 aliphatic heterocycles. The molecule has 146 valence electrons. The van der Waals surface area contributed by atoms with Gasteiger partial charge in [0.2, 0.25) is 0 Å². The fourth-order valence-corrected chi connectivity index (χ4v) is 4.81. The molecule has 2 heterocycles. The van der Waals surface area contributed by atoms with E-state index in [2.05, 4.69) is 34.1 Å². The number of piperazine rings is 1. The fraction of sp³-hybridized carbons (Fsp3) is 0.435. The van der Waals surface area contributed by atoms with E-state index >= 15 is 0 Å². The van der Waals surface area contributed by atoms with E-state index in [9.17, 15) is 4.79 Å². The number of fused-ring (bicyclic) bond motifs is 2. The Morgan fingerprint density at radius 1 is 0.893 bits per heavy atom. The molecule has 1 aliphatic carbocycles. The van der Waals surface area contributed by atoms with Crippen LogP contribution in [0, 0.1) is 0 Å². The van der Waals surface area contributed by atoms with Gasteiger partial charge < -0.3 is 4.42 Å². The molecule has 2 aromatic carbocycles. The first-order chi connectivity index (χ1) is 13.8. The average Bonchev–Trinajstić information content (AvgIpc) is 3.07. The van der Waals surface area contributed by atoms with Crippen molar-refractivity contribution in [1.29, 1.82) is 0 Å². The molecule has 0 N–H and O–H groups in total. The summed E-state index contributed by atoms with van der Waals surface area (Å²) in [5.41, 5.74) is 4.64.